The molecule has 4 nitrogen and oxygen atoms in total. The Hall–Kier alpha value is -2.88. The predicted molar refractivity (Wildman–Crippen MR) is 105 cm³/mol. The van der Waals surface area contributed by atoms with Gasteiger partial charge in [-0.25, -0.2) is 0 Å². The van der Waals surface area contributed by atoms with Crippen LogP contribution in [0.15, 0.2) is 54.6 Å². The number of benzene rings is 2. The van der Waals surface area contributed by atoms with E-state index in [0.29, 0.717) is 11.3 Å². The van der Waals surface area contributed by atoms with Crippen LogP contribution in [0.2, 0.25) is 0 Å². The van der Waals surface area contributed by atoms with Crippen LogP contribution in [0.5, 0.6) is 11.5 Å². The van der Waals surface area contributed by atoms with Gasteiger partial charge in [0, 0.05) is 5.56 Å². The van der Waals surface area contributed by atoms with Gasteiger partial charge in [-0.3, -0.25) is 9.59 Å². The van der Waals surface area contributed by atoms with Crippen molar-refractivity contribution in [1.29, 1.82) is 0 Å². The molecule has 0 N–H and O–H groups in total. The van der Waals surface area contributed by atoms with Gasteiger partial charge < -0.3 is 9.47 Å². The fourth-order valence-electron chi connectivity index (χ4n) is 3.21. The highest BCUT2D eigenvalue weighted by Gasteiger charge is 2.22. The lowest BCUT2D eigenvalue weighted by Crippen LogP contribution is -2.22. The number of ketones is 1. The van der Waals surface area contributed by atoms with E-state index in [9.17, 15) is 9.59 Å². The molecule has 1 fully saturated rings. The van der Waals surface area contributed by atoms with Crippen molar-refractivity contribution in [2.24, 2.45) is 5.92 Å². The van der Waals surface area contributed by atoms with E-state index in [-0.39, 0.29) is 17.7 Å². The fraction of sp³-hybridized carbons (Fsp3) is 0.304. The zero-order valence-electron chi connectivity index (χ0n) is 15.5. The van der Waals surface area contributed by atoms with Crippen LogP contribution < -0.4 is 9.47 Å². The molecule has 0 radical (unpaired) electrons. The summed E-state index contributed by atoms with van der Waals surface area (Å²) in [7, 11) is 1.62. The zero-order valence-corrected chi connectivity index (χ0v) is 15.5. The molecule has 0 heterocycles. The van der Waals surface area contributed by atoms with Crippen LogP contribution in [0.3, 0.4) is 0 Å². The molecule has 0 saturated heterocycles. The molecular weight excluding hydrogens is 340 g/mol. The SMILES string of the molecule is COc1ccc(C=CC(=O)c2ccc(OC(=O)C3CCCCC3)cc2)cc1. The lowest BCUT2D eigenvalue weighted by atomic mass is 9.89. The normalized spacial score (nSPS) is 14.9. The number of ether oxygens (including phenoxy) is 2. The van der Waals surface area contributed by atoms with Gasteiger partial charge in [0.25, 0.3) is 0 Å². The topological polar surface area (TPSA) is 52.6 Å². The molecule has 27 heavy (non-hydrogen) atoms. The highest BCUT2D eigenvalue weighted by molar-refractivity contribution is 6.06. The summed E-state index contributed by atoms with van der Waals surface area (Å²) in [6, 6.07) is 14.2. The van der Waals surface area contributed by atoms with Crippen LogP contribution in [-0.4, -0.2) is 18.9 Å². The Bertz CT molecular complexity index is 797. The number of hydrogen-bond donors (Lipinski definition) is 0. The fourth-order valence-corrected chi connectivity index (χ4v) is 3.21. The van der Waals surface area contributed by atoms with Crippen molar-refractivity contribution in [2.75, 3.05) is 7.11 Å². The van der Waals surface area contributed by atoms with Crippen molar-refractivity contribution in [2.45, 2.75) is 32.1 Å². The number of carbonyl (C=O) groups excluding carboxylic acids is 2. The van der Waals surface area contributed by atoms with Gasteiger partial charge in [-0.2, -0.15) is 0 Å². The van der Waals surface area contributed by atoms with Crippen LogP contribution in [0, 0.1) is 5.92 Å². The van der Waals surface area contributed by atoms with Crippen molar-refractivity contribution in [1.82, 2.24) is 0 Å². The largest absolute Gasteiger partial charge is 0.497 e. The molecule has 0 unspecified atom stereocenters. The molecule has 0 spiro atoms. The molecular formula is C23H24O4. The highest BCUT2D eigenvalue weighted by atomic mass is 16.5. The summed E-state index contributed by atoms with van der Waals surface area (Å²) >= 11 is 0. The van der Waals surface area contributed by atoms with Crippen molar-refractivity contribution in [3.05, 3.63) is 65.7 Å². The number of esters is 1. The predicted octanol–water partition coefficient (Wildman–Crippen LogP) is 5.08. The number of methoxy groups -OCH3 is 1. The minimum Gasteiger partial charge on any atom is -0.497 e. The highest BCUT2D eigenvalue weighted by Crippen LogP contribution is 2.25. The third-order valence-corrected chi connectivity index (χ3v) is 4.84. The summed E-state index contributed by atoms with van der Waals surface area (Å²) in [4.78, 5) is 24.5. The minimum absolute atomic E-state index is 0.00693. The first-order valence-electron chi connectivity index (χ1n) is 9.34. The van der Waals surface area contributed by atoms with E-state index in [2.05, 4.69) is 0 Å². The Labute approximate surface area is 159 Å². The molecule has 0 bridgehead atoms. The van der Waals surface area contributed by atoms with Gasteiger partial charge in [0.1, 0.15) is 11.5 Å². The lowest BCUT2D eigenvalue weighted by molar-refractivity contribution is -0.139. The summed E-state index contributed by atoms with van der Waals surface area (Å²) in [6.07, 6.45) is 8.49. The minimum atomic E-state index is -0.159. The smallest absolute Gasteiger partial charge is 0.314 e. The van der Waals surface area contributed by atoms with Gasteiger partial charge in [-0.05, 0) is 60.9 Å². The summed E-state index contributed by atoms with van der Waals surface area (Å²) in [5.41, 5.74) is 1.47. The van der Waals surface area contributed by atoms with E-state index in [1.54, 1.807) is 37.5 Å². The second-order valence-electron chi connectivity index (χ2n) is 6.75. The van der Waals surface area contributed by atoms with Gasteiger partial charge in [-0.15, -0.1) is 0 Å². The van der Waals surface area contributed by atoms with Gasteiger partial charge in [0.15, 0.2) is 5.78 Å². The van der Waals surface area contributed by atoms with Crippen molar-refractivity contribution in [3.8, 4) is 11.5 Å². The molecule has 4 heteroatoms. The van der Waals surface area contributed by atoms with Crippen LogP contribution in [0.1, 0.15) is 48.0 Å². The summed E-state index contributed by atoms with van der Waals surface area (Å²) in [6.45, 7) is 0. The molecule has 3 rings (SSSR count). The quantitative estimate of drug-likeness (QED) is 0.310. The van der Waals surface area contributed by atoms with Gasteiger partial charge in [0.05, 0.1) is 13.0 Å². The molecule has 1 aliphatic carbocycles. The summed E-state index contributed by atoms with van der Waals surface area (Å²) in [5, 5.41) is 0. The number of hydrogen-bond acceptors (Lipinski definition) is 4. The molecule has 2 aromatic carbocycles. The Morgan fingerprint density at radius 2 is 1.52 bits per heavy atom. The second kappa shape index (κ2) is 9.17. The molecule has 1 aliphatic rings. The Morgan fingerprint density at radius 3 is 2.15 bits per heavy atom. The van der Waals surface area contributed by atoms with E-state index < -0.39 is 0 Å². The number of carbonyl (C=O) groups is 2. The molecule has 0 aliphatic heterocycles. The maximum absolute atomic E-state index is 12.3. The average Bonchev–Trinajstić information content (AvgIpc) is 2.73. The molecule has 0 atom stereocenters. The van der Waals surface area contributed by atoms with E-state index in [1.165, 1.54) is 12.5 Å². The van der Waals surface area contributed by atoms with E-state index in [1.807, 2.05) is 24.3 Å². The van der Waals surface area contributed by atoms with Crippen LogP contribution in [0.25, 0.3) is 6.08 Å². The maximum atomic E-state index is 12.3. The zero-order chi connectivity index (χ0) is 19.1. The van der Waals surface area contributed by atoms with E-state index in [0.717, 1.165) is 37.0 Å². The standard InChI is InChI=1S/C23H24O4/c1-26-20-12-7-17(8-13-20)9-16-22(24)18-10-14-21(15-11-18)27-23(25)19-5-3-2-4-6-19/h7-16,19H,2-6H2,1H3. The average molecular weight is 364 g/mol. The van der Waals surface area contributed by atoms with Crippen LogP contribution in [0.4, 0.5) is 0 Å². The summed E-state index contributed by atoms with van der Waals surface area (Å²) in [5.74, 6) is 1.01. The molecule has 2 aromatic rings. The summed E-state index contributed by atoms with van der Waals surface area (Å²) < 4.78 is 10.6. The van der Waals surface area contributed by atoms with Crippen molar-refractivity contribution < 1.29 is 19.1 Å². The second-order valence-corrected chi connectivity index (χ2v) is 6.75. The molecule has 0 amide bonds. The van der Waals surface area contributed by atoms with E-state index in [4.69, 9.17) is 9.47 Å². The van der Waals surface area contributed by atoms with E-state index >= 15 is 0 Å². The molecule has 1 saturated carbocycles. The number of rotatable bonds is 6. The monoisotopic (exact) mass is 364 g/mol. The van der Waals surface area contributed by atoms with Crippen molar-refractivity contribution in [3.63, 3.8) is 0 Å². The molecule has 0 aromatic heterocycles. The van der Waals surface area contributed by atoms with Crippen LogP contribution >= 0.6 is 0 Å². The Balaban J connectivity index is 1.57. The van der Waals surface area contributed by atoms with Crippen LogP contribution in [-0.2, 0) is 4.79 Å². The first kappa shape index (κ1) is 18.9. The molecule has 140 valence electrons. The first-order chi connectivity index (χ1) is 13.2. The third kappa shape index (κ3) is 5.30. The Kier molecular flexibility index (Phi) is 6.42. The first-order valence-corrected chi connectivity index (χ1v) is 9.34. The van der Waals surface area contributed by atoms with Gasteiger partial charge >= 0.3 is 5.97 Å². The maximum Gasteiger partial charge on any atom is 0.314 e. The third-order valence-electron chi connectivity index (χ3n) is 4.84. The van der Waals surface area contributed by atoms with Crippen molar-refractivity contribution >= 4 is 17.8 Å². The van der Waals surface area contributed by atoms with Gasteiger partial charge in [-0.1, -0.05) is 37.5 Å². The Morgan fingerprint density at radius 1 is 0.889 bits per heavy atom. The van der Waals surface area contributed by atoms with Gasteiger partial charge in [0.2, 0.25) is 0 Å². The lowest BCUT2D eigenvalue weighted by Gasteiger charge is -2.19. The number of allylic oxidation sites excluding steroid dienone is 1.